The number of benzene rings is 1. The number of halogens is 1. The van der Waals surface area contributed by atoms with E-state index in [4.69, 9.17) is 0 Å². The molecule has 0 unspecified atom stereocenters. The van der Waals surface area contributed by atoms with Gasteiger partial charge in [-0.2, -0.15) is 0 Å². The van der Waals surface area contributed by atoms with Crippen LogP contribution in [0.2, 0.25) is 0 Å². The smallest absolute Gasteiger partial charge is 0.144 e. The van der Waals surface area contributed by atoms with Gasteiger partial charge >= 0.3 is 0 Å². The Morgan fingerprint density at radius 3 is 2.78 bits per heavy atom. The highest BCUT2D eigenvalue weighted by Gasteiger charge is 2.04. The Kier molecular flexibility index (Phi) is 5.01. The second kappa shape index (κ2) is 6.75. The van der Waals surface area contributed by atoms with Crippen molar-refractivity contribution in [3.8, 4) is 0 Å². The molecule has 94 valence electrons. The van der Waals surface area contributed by atoms with Crippen molar-refractivity contribution in [1.29, 1.82) is 0 Å². The predicted molar refractivity (Wildman–Crippen MR) is 79.9 cm³/mol. The molecule has 0 fully saturated rings. The number of thioether (sulfide) groups is 1. The van der Waals surface area contributed by atoms with Crippen molar-refractivity contribution in [2.75, 3.05) is 11.9 Å². The molecule has 1 aromatic carbocycles. The molecular formula is C13H14BrN3S. The predicted octanol–water partition coefficient (Wildman–Crippen LogP) is 3.96. The number of nitrogens with zero attached hydrogens (tertiary/aromatic N) is 2. The van der Waals surface area contributed by atoms with Crippen LogP contribution in [0.25, 0.3) is 0 Å². The van der Waals surface area contributed by atoms with E-state index in [0.29, 0.717) is 0 Å². The Hall–Kier alpha value is -1.07. The first-order chi connectivity index (χ1) is 8.79. The first-order valence-electron chi connectivity index (χ1n) is 5.72. The van der Waals surface area contributed by atoms with Gasteiger partial charge in [0.2, 0.25) is 0 Å². The minimum absolute atomic E-state index is 0.773. The fourth-order valence-corrected chi connectivity index (χ4v) is 2.54. The summed E-state index contributed by atoms with van der Waals surface area (Å²) in [7, 11) is 0. The van der Waals surface area contributed by atoms with Gasteiger partial charge in [0.25, 0.3) is 0 Å². The number of aromatic nitrogens is 2. The van der Waals surface area contributed by atoms with Gasteiger partial charge < -0.3 is 5.32 Å². The summed E-state index contributed by atoms with van der Waals surface area (Å²) in [4.78, 5) is 10.0. The third-order valence-corrected chi connectivity index (χ3v) is 3.84. The molecule has 0 spiro atoms. The van der Waals surface area contributed by atoms with Gasteiger partial charge in [-0.05, 0) is 35.0 Å². The molecule has 0 atom stereocenters. The lowest BCUT2D eigenvalue weighted by atomic mass is 10.4. The Morgan fingerprint density at radius 1 is 1.28 bits per heavy atom. The number of hydrogen-bond donors (Lipinski definition) is 1. The van der Waals surface area contributed by atoms with Crippen LogP contribution >= 0.6 is 27.7 Å². The van der Waals surface area contributed by atoms with Crippen molar-refractivity contribution >= 4 is 33.5 Å². The molecule has 0 amide bonds. The monoisotopic (exact) mass is 323 g/mol. The number of rotatable bonds is 5. The van der Waals surface area contributed by atoms with E-state index >= 15 is 0 Å². The molecule has 5 heteroatoms. The summed E-state index contributed by atoms with van der Waals surface area (Å²) in [5, 5.41) is 3.21. The van der Waals surface area contributed by atoms with Gasteiger partial charge in [-0.3, -0.25) is 0 Å². The molecular weight excluding hydrogens is 310 g/mol. The van der Waals surface area contributed by atoms with Crippen molar-refractivity contribution in [2.24, 2.45) is 0 Å². The van der Waals surface area contributed by atoms with Gasteiger partial charge in [-0.25, -0.2) is 9.97 Å². The highest BCUT2D eigenvalue weighted by atomic mass is 79.9. The molecule has 2 aromatic rings. The molecule has 0 bridgehead atoms. The molecule has 0 saturated heterocycles. The van der Waals surface area contributed by atoms with Gasteiger partial charge in [-0.1, -0.05) is 18.2 Å². The molecule has 0 saturated carbocycles. The van der Waals surface area contributed by atoms with Crippen molar-refractivity contribution < 1.29 is 0 Å². The van der Waals surface area contributed by atoms with E-state index in [1.165, 1.54) is 4.90 Å². The molecule has 0 aliphatic heterocycles. The third kappa shape index (κ3) is 3.71. The molecule has 0 radical (unpaired) electrons. The van der Waals surface area contributed by atoms with E-state index < -0.39 is 0 Å². The molecule has 0 aliphatic rings. The van der Waals surface area contributed by atoms with Gasteiger partial charge in [0.05, 0.1) is 10.2 Å². The maximum Gasteiger partial charge on any atom is 0.144 e. The number of nitrogens with one attached hydrogen (secondary N) is 1. The SMILES string of the molecule is CCNc1nc(CSc2ccccc2)ncc1Br. The maximum absolute atomic E-state index is 4.49. The van der Waals surface area contributed by atoms with Gasteiger partial charge in [0.15, 0.2) is 0 Å². The largest absolute Gasteiger partial charge is 0.369 e. The lowest BCUT2D eigenvalue weighted by Gasteiger charge is -2.07. The third-order valence-electron chi connectivity index (χ3n) is 2.25. The quantitative estimate of drug-likeness (QED) is 0.845. The van der Waals surface area contributed by atoms with Gasteiger partial charge in [0.1, 0.15) is 11.6 Å². The van der Waals surface area contributed by atoms with Gasteiger partial charge in [0, 0.05) is 17.6 Å². The molecule has 18 heavy (non-hydrogen) atoms. The zero-order valence-corrected chi connectivity index (χ0v) is 12.5. The fourth-order valence-electron chi connectivity index (χ4n) is 1.43. The van der Waals surface area contributed by atoms with Crippen LogP contribution in [0.1, 0.15) is 12.7 Å². The molecule has 0 aliphatic carbocycles. The first kappa shape index (κ1) is 13.4. The maximum atomic E-state index is 4.49. The van der Waals surface area contributed by atoms with Crippen LogP contribution in [-0.4, -0.2) is 16.5 Å². The highest BCUT2D eigenvalue weighted by molar-refractivity contribution is 9.10. The Balaban J connectivity index is 2.03. The Bertz CT molecular complexity index is 505. The van der Waals surface area contributed by atoms with Crippen LogP contribution in [0.5, 0.6) is 0 Å². The van der Waals surface area contributed by atoms with Crippen LogP contribution in [0, 0.1) is 0 Å². The highest BCUT2D eigenvalue weighted by Crippen LogP contribution is 2.23. The van der Waals surface area contributed by atoms with E-state index in [9.17, 15) is 0 Å². The summed E-state index contributed by atoms with van der Waals surface area (Å²) >= 11 is 5.17. The fraction of sp³-hybridized carbons (Fsp3) is 0.231. The standard InChI is InChI=1S/C13H14BrN3S/c1-2-15-13-11(14)8-16-12(17-13)9-18-10-6-4-3-5-7-10/h3-8H,2,9H2,1H3,(H,15,16,17). The summed E-state index contributed by atoms with van der Waals surface area (Å²) in [6.45, 7) is 2.90. The first-order valence-corrected chi connectivity index (χ1v) is 7.50. The van der Waals surface area contributed by atoms with Crippen LogP contribution < -0.4 is 5.32 Å². The zero-order valence-electron chi connectivity index (χ0n) is 10.1. The summed E-state index contributed by atoms with van der Waals surface area (Å²) < 4.78 is 0.901. The van der Waals surface area contributed by atoms with Crippen molar-refractivity contribution in [1.82, 2.24) is 9.97 Å². The lowest BCUT2D eigenvalue weighted by Crippen LogP contribution is -2.03. The average molecular weight is 324 g/mol. The second-order valence-corrected chi connectivity index (χ2v) is 5.52. The van der Waals surface area contributed by atoms with Crippen LogP contribution in [0.4, 0.5) is 5.82 Å². The van der Waals surface area contributed by atoms with Crippen molar-refractivity contribution in [3.05, 3.63) is 46.8 Å². The van der Waals surface area contributed by atoms with Crippen molar-refractivity contribution in [3.63, 3.8) is 0 Å². The Labute approximate surface area is 120 Å². The number of anilines is 1. The molecule has 1 N–H and O–H groups in total. The second-order valence-electron chi connectivity index (χ2n) is 3.61. The van der Waals surface area contributed by atoms with E-state index in [2.05, 4.69) is 43.3 Å². The molecule has 2 rings (SSSR count). The molecule has 3 nitrogen and oxygen atoms in total. The topological polar surface area (TPSA) is 37.8 Å². The van der Waals surface area contributed by atoms with Crippen LogP contribution in [0.3, 0.4) is 0 Å². The van der Waals surface area contributed by atoms with E-state index in [1.54, 1.807) is 18.0 Å². The van der Waals surface area contributed by atoms with E-state index in [1.807, 2.05) is 25.1 Å². The zero-order chi connectivity index (χ0) is 12.8. The summed E-state index contributed by atoms with van der Waals surface area (Å²) in [5.41, 5.74) is 0. The minimum atomic E-state index is 0.773. The summed E-state index contributed by atoms with van der Waals surface area (Å²) in [6, 6.07) is 10.3. The molecule has 1 aromatic heterocycles. The average Bonchev–Trinajstić information content (AvgIpc) is 2.41. The molecule has 1 heterocycles. The van der Waals surface area contributed by atoms with Crippen molar-refractivity contribution in [2.45, 2.75) is 17.6 Å². The van der Waals surface area contributed by atoms with Crippen LogP contribution in [0.15, 0.2) is 45.9 Å². The van der Waals surface area contributed by atoms with Gasteiger partial charge in [-0.15, -0.1) is 11.8 Å². The normalized spacial score (nSPS) is 10.3. The minimum Gasteiger partial charge on any atom is -0.369 e. The number of hydrogen-bond acceptors (Lipinski definition) is 4. The van der Waals surface area contributed by atoms with E-state index in [0.717, 1.165) is 28.4 Å². The summed E-state index contributed by atoms with van der Waals surface area (Å²) in [6.07, 6.45) is 1.80. The Morgan fingerprint density at radius 2 is 2.06 bits per heavy atom. The lowest BCUT2D eigenvalue weighted by molar-refractivity contribution is 1.01. The van der Waals surface area contributed by atoms with E-state index in [-0.39, 0.29) is 0 Å². The van der Waals surface area contributed by atoms with Crippen LogP contribution in [-0.2, 0) is 5.75 Å². The summed E-state index contributed by atoms with van der Waals surface area (Å²) in [5.74, 6) is 2.47.